The number of rotatable bonds is 5. The van der Waals surface area contributed by atoms with Crippen molar-refractivity contribution in [1.82, 2.24) is 4.57 Å². The molecule has 0 saturated carbocycles. The summed E-state index contributed by atoms with van der Waals surface area (Å²) in [7, 11) is 1.30. The highest BCUT2D eigenvalue weighted by Crippen LogP contribution is 2.30. The van der Waals surface area contributed by atoms with Crippen LogP contribution >= 0.6 is 11.3 Å². The Kier molecular flexibility index (Phi) is 6.14. The summed E-state index contributed by atoms with van der Waals surface area (Å²) in [6.45, 7) is 1.73. The molecule has 0 radical (unpaired) electrons. The third-order valence-electron chi connectivity index (χ3n) is 5.18. The highest BCUT2D eigenvalue weighted by atomic mass is 32.1. The minimum atomic E-state index is -0.643. The molecule has 1 aliphatic rings. The summed E-state index contributed by atoms with van der Waals surface area (Å²) in [5, 5.41) is 10.8. The summed E-state index contributed by atoms with van der Waals surface area (Å²) in [6.07, 6.45) is 5.13. The zero-order valence-corrected chi connectivity index (χ0v) is 18.6. The van der Waals surface area contributed by atoms with Crippen LogP contribution in [-0.2, 0) is 9.53 Å². The van der Waals surface area contributed by atoms with Crippen molar-refractivity contribution in [2.75, 3.05) is 7.11 Å². The van der Waals surface area contributed by atoms with Gasteiger partial charge in [0.15, 0.2) is 4.80 Å². The number of nitro groups is 1. The number of nitro benzene ring substituents is 1. The number of benzene rings is 2. The number of allylic oxidation sites excluding steroid dienone is 2. The first-order valence-electron chi connectivity index (χ1n) is 9.97. The smallest absolute Gasteiger partial charge is 0.338 e. The highest BCUT2D eigenvalue weighted by molar-refractivity contribution is 7.07. The van der Waals surface area contributed by atoms with Crippen LogP contribution in [0, 0.1) is 10.1 Å². The fourth-order valence-electron chi connectivity index (χ4n) is 3.61. The van der Waals surface area contributed by atoms with E-state index in [0.29, 0.717) is 20.6 Å². The number of ether oxygens (including phenoxy) is 1. The van der Waals surface area contributed by atoms with Gasteiger partial charge < -0.3 is 4.74 Å². The first-order valence-corrected chi connectivity index (χ1v) is 10.8. The number of fused-ring (bicyclic) bond motifs is 1. The molecule has 2 aromatic carbocycles. The summed E-state index contributed by atoms with van der Waals surface area (Å²) in [4.78, 5) is 41.2. The van der Waals surface area contributed by atoms with Gasteiger partial charge in [0.25, 0.3) is 11.2 Å². The van der Waals surface area contributed by atoms with Crippen molar-refractivity contribution in [3.05, 3.63) is 113 Å². The lowest BCUT2D eigenvalue weighted by atomic mass is 9.96. The number of non-ortho nitro benzene ring substituents is 1. The topological polar surface area (TPSA) is 104 Å². The zero-order valence-electron chi connectivity index (χ0n) is 17.8. The SMILES string of the molecule is COC(=O)C1=C(C)N=c2sc(=CC=Cc3ccc([N+](=O)[O-])cc3)c(=O)n2C1c1ccccc1. The third kappa shape index (κ3) is 4.31. The van der Waals surface area contributed by atoms with Crippen LogP contribution in [0.25, 0.3) is 12.2 Å². The molecule has 1 aromatic heterocycles. The predicted octanol–water partition coefficient (Wildman–Crippen LogP) is 2.98. The van der Waals surface area contributed by atoms with Crippen LogP contribution in [0.2, 0.25) is 0 Å². The average molecular weight is 461 g/mol. The van der Waals surface area contributed by atoms with Gasteiger partial charge in [0.1, 0.15) is 0 Å². The summed E-state index contributed by atoms with van der Waals surface area (Å²) in [5.74, 6) is -0.530. The molecule has 166 valence electrons. The van der Waals surface area contributed by atoms with Crippen molar-refractivity contribution in [1.29, 1.82) is 0 Å². The molecule has 9 heteroatoms. The number of nitrogens with zero attached hydrogens (tertiary/aromatic N) is 3. The summed E-state index contributed by atoms with van der Waals surface area (Å²) in [5.41, 5.74) is 2.11. The second-order valence-corrected chi connectivity index (χ2v) is 8.22. The third-order valence-corrected chi connectivity index (χ3v) is 6.18. The summed E-state index contributed by atoms with van der Waals surface area (Å²) in [6, 6.07) is 14.7. The van der Waals surface area contributed by atoms with E-state index < -0.39 is 16.9 Å². The van der Waals surface area contributed by atoms with E-state index in [-0.39, 0.29) is 11.2 Å². The van der Waals surface area contributed by atoms with Crippen LogP contribution in [-0.4, -0.2) is 22.6 Å². The van der Waals surface area contributed by atoms with Crippen molar-refractivity contribution < 1.29 is 14.5 Å². The Morgan fingerprint density at radius 3 is 2.52 bits per heavy atom. The summed E-state index contributed by atoms with van der Waals surface area (Å²) < 4.78 is 6.95. The van der Waals surface area contributed by atoms with Crippen LogP contribution in [0.5, 0.6) is 0 Å². The normalized spacial score (nSPS) is 15.9. The van der Waals surface area contributed by atoms with E-state index in [1.54, 1.807) is 37.3 Å². The number of thiazole rings is 1. The molecule has 4 rings (SSSR count). The molecule has 0 bridgehead atoms. The first-order chi connectivity index (χ1) is 15.9. The Bertz CT molecular complexity index is 1460. The zero-order chi connectivity index (χ0) is 23.5. The summed E-state index contributed by atoms with van der Waals surface area (Å²) >= 11 is 1.23. The van der Waals surface area contributed by atoms with E-state index in [1.165, 1.54) is 35.1 Å². The predicted molar refractivity (Wildman–Crippen MR) is 125 cm³/mol. The molecule has 1 aliphatic heterocycles. The second-order valence-electron chi connectivity index (χ2n) is 7.21. The van der Waals surface area contributed by atoms with Gasteiger partial charge in [-0.1, -0.05) is 53.8 Å². The molecule has 33 heavy (non-hydrogen) atoms. The van der Waals surface area contributed by atoms with E-state index in [4.69, 9.17) is 4.74 Å². The minimum absolute atomic E-state index is 0.0122. The fraction of sp³-hybridized carbons (Fsp3) is 0.125. The molecule has 1 atom stereocenters. The van der Waals surface area contributed by atoms with Crippen molar-refractivity contribution >= 4 is 35.1 Å². The van der Waals surface area contributed by atoms with E-state index in [1.807, 2.05) is 30.3 Å². The molecule has 8 nitrogen and oxygen atoms in total. The molecule has 0 saturated heterocycles. The van der Waals surface area contributed by atoms with Crippen LogP contribution in [0.4, 0.5) is 5.69 Å². The number of hydrogen-bond donors (Lipinski definition) is 0. The Labute approximate surface area is 192 Å². The minimum Gasteiger partial charge on any atom is -0.466 e. The van der Waals surface area contributed by atoms with E-state index in [2.05, 4.69) is 4.99 Å². The largest absolute Gasteiger partial charge is 0.466 e. The van der Waals surface area contributed by atoms with Crippen molar-refractivity contribution in [3.63, 3.8) is 0 Å². The van der Waals surface area contributed by atoms with E-state index >= 15 is 0 Å². The molecule has 0 spiro atoms. The monoisotopic (exact) mass is 461 g/mol. The van der Waals surface area contributed by atoms with E-state index in [0.717, 1.165) is 11.1 Å². The number of methoxy groups -OCH3 is 1. The Morgan fingerprint density at radius 1 is 1.18 bits per heavy atom. The van der Waals surface area contributed by atoms with Crippen LogP contribution < -0.4 is 14.9 Å². The lowest BCUT2D eigenvalue weighted by molar-refractivity contribution is -0.384. The quantitative estimate of drug-likeness (QED) is 0.330. The number of esters is 1. The van der Waals surface area contributed by atoms with Gasteiger partial charge >= 0.3 is 5.97 Å². The first kappa shape index (κ1) is 22.1. The number of carbonyl (C=O) groups is 1. The number of carbonyl (C=O) groups excluding carboxylic acids is 1. The van der Waals surface area contributed by atoms with Crippen LogP contribution in [0.15, 0.2) is 81.7 Å². The Balaban J connectivity index is 1.78. The maximum atomic E-state index is 13.3. The van der Waals surface area contributed by atoms with Gasteiger partial charge in [0.05, 0.1) is 33.9 Å². The molecular formula is C24H19N3O5S. The maximum Gasteiger partial charge on any atom is 0.338 e. The molecule has 0 N–H and O–H groups in total. The molecule has 0 aliphatic carbocycles. The van der Waals surface area contributed by atoms with Crippen molar-refractivity contribution in [2.24, 2.45) is 4.99 Å². The average Bonchev–Trinajstić information content (AvgIpc) is 3.13. The molecular weight excluding hydrogens is 442 g/mol. The molecule has 2 heterocycles. The maximum absolute atomic E-state index is 13.3. The van der Waals surface area contributed by atoms with Crippen LogP contribution in [0.3, 0.4) is 0 Å². The van der Waals surface area contributed by atoms with Crippen molar-refractivity contribution in [2.45, 2.75) is 13.0 Å². The molecule has 1 unspecified atom stereocenters. The van der Waals surface area contributed by atoms with Crippen molar-refractivity contribution in [3.8, 4) is 0 Å². The Hall–Kier alpha value is -4.11. The lowest BCUT2D eigenvalue weighted by Gasteiger charge is -2.24. The van der Waals surface area contributed by atoms with Crippen LogP contribution in [0.1, 0.15) is 24.1 Å². The Morgan fingerprint density at radius 2 is 1.88 bits per heavy atom. The lowest BCUT2D eigenvalue weighted by Crippen LogP contribution is -2.39. The van der Waals surface area contributed by atoms with E-state index in [9.17, 15) is 19.7 Å². The van der Waals surface area contributed by atoms with Gasteiger partial charge in [0.2, 0.25) is 0 Å². The van der Waals surface area contributed by atoms with Gasteiger partial charge in [-0.05, 0) is 36.3 Å². The molecule has 0 amide bonds. The number of aromatic nitrogens is 1. The molecule has 0 fully saturated rings. The van der Waals surface area contributed by atoms with Gasteiger partial charge in [-0.3, -0.25) is 19.5 Å². The highest BCUT2D eigenvalue weighted by Gasteiger charge is 2.32. The van der Waals surface area contributed by atoms with Gasteiger partial charge in [0, 0.05) is 12.1 Å². The van der Waals surface area contributed by atoms with Gasteiger partial charge in [-0.2, -0.15) is 0 Å². The number of hydrogen-bond acceptors (Lipinski definition) is 7. The van der Waals surface area contributed by atoms with Gasteiger partial charge in [-0.15, -0.1) is 0 Å². The van der Waals surface area contributed by atoms with Gasteiger partial charge in [-0.25, -0.2) is 9.79 Å². The molecule has 3 aromatic rings. The second kappa shape index (κ2) is 9.17. The fourth-order valence-corrected chi connectivity index (χ4v) is 4.61. The standard InChI is InChI=1S/C24H19N3O5S/c1-15-20(23(29)32-2)21(17-8-4-3-5-9-17)26-22(28)19(33-24(26)25-15)10-6-7-16-11-13-18(14-12-16)27(30)31/h3-14,21H,1-2H3.